The molecule has 1 N–H and O–H groups in total. The monoisotopic (exact) mass is 701 g/mol. The number of fused-ring (bicyclic) bond motifs is 3. The van der Waals surface area contributed by atoms with E-state index in [-0.39, 0.29) is 34.3 Å². The molecular weight excluding hydrogens is 649 g/mol. The van der Waals surface area contributed by atoms with Crippen LogP contribution in [0, 0.1) is 24.1 Å². The van der Waals surface area contributed by atoms with Gasteiger partial charge in [-0.05, 0) is 126 Å². The molecule has 2 aromatic heterocycles. The lowest BCUT2D eigenvalue weighted by molar-refractivity contribution is -0.124. The Hall–Kier alpha value is -3.99. The Balaban J connectivity index is 1.12. The van der Waals surface area contributed by atoms with Crippen molar-refractivity contribution < 1.29 is 28.6 Å². The molecule has 1 saturated heterocycles. The number of hydrogen-bond donors (Lipinski definition) is 1. The normalized spacial score (nSPS) is 26.5. The van der Waals surface area contributed by atoms with Gasteiger partial charge in [-0.25, -0.2) is 14.2 Å². The molecule has 0 radical (unpaired) electrons. The molecule has 51 heavy (non-hydrogen) atoms. The average molecular weight is 702 g/mol. The summed E-state index contributed by atoms with van der Waals surface area (Å²) < 4.78 is 28.5. The van der Waals surface area contributed by atoms with Gasteiger partial charge in [0.25, 0.3) is 0 Å². The van der Waals surface area contributed by atoms with Gasteiger partial charge in [-0.2, -0.15) is 5.10 Å². The fourth-order valence-corrected chi connectivity index (χ4v) is 8.84. The number of carbonyl (C=O) groups is 2. The van der Waals surface area contributed by atoms with E-state index in [4.69, 9.17) is 9.47 Å². The van der Waals surface area contributed by atoms with E-state index in [2.05, 4.69) is 35.2 Å². The molecule has 5 aliphatic rings. The Morgan fingerprint density at radius 1 is 1.02 bits per heavy atom. The fourth-order valence-electron chi connectivity index (χ4n) is 8.84. The Kier molecular flexibility index (Phi) is 9.39. The minimum Gasteiger partial charge on any atom is -0.496 e. The topological polar surface area (TPSA) is 110 Å². The predicted molar refractivity (Wildman–Crippen MR) is 192 cm³/mol. The van der Waals surface area contributed by atoms with Gasteiger partial charge in [0.1, 0.15) is 23.5 Å². The van der Waals surface area contributed by atoms with E-state index in [1.165, 1.54) is 16.7 Å². The van der Waals surface area contributed by atoms with Crippen molar-refractivity contribution in [3.05, 3.63) is 59.8 Å². The van der Waals surface area contributed by atoms with Crippen molar-refractivity contribution in [3.8, 4) is 16.9 Å². The van der Waals surface area contributed by atoms with E-state index in [1.807, 2.05) is 36.5 Å². The van der Waals surface area contributed by atoms with Crippen LogP contribution >= 0.6 is 0 Å². The highest BCUT2D eigenvalue weighted by Crippen LogP contribution is 2.58. The van der Waals surface area contributed by atoms with Gasteiger partial charge in [0.05, 0.1) is 44.2 Å². The highest BCUT2D eigenvalue weighted by molar-refractivity contribution is 5.95. The molecule has 3 heterocycles. The Morgan fingerprint density at radius 3 is 2.29 bits per heavy atom. The molecule has 4 saturated carbocycles. The van der Waals surface area contributed by atoms with Gasteiger partial charge < -0.3 is 19.5 Å². The second-order valence-electron chi connectivity index (χ2n) is 16.7. The van der Waals surface area contributed by atoms with Crippen molar-refractivity contribution in [2.24, 2.45) is 11.3 Å². The van der Waals surface area contributed by atoms with E-state index < -0.39 is 18.0 Å². The van der Waals surface area contributed by atoms with Gasteiger partial charge in [-0.15, -0.1) is 0 Å². The summed E-state index contributed by atoms with van der Waals surface area (Å²) in [5.41, 5.74) is 3.36. The number of hydrogen-bond acceptors (Lipinski definition) is 7. The molecular formula is C40H52FN5O5. The number of likely N-dealkylation sites (tertiary alicyclic amines) is 1. The minimum absolute atomic E-state index is 0.00338. The van der Waals surface area contributed by atoms with Crippen molar-refractivity contribution in [1.82, 2.24) is 19.7 Å². The number of methoxy groups -OCH3 is 1. The highest BCUT2D eigenvalue weighted by Gasteiger charge is 2.51. The first-order valence-electron chi connectivity index (χ1n) is 18.6. The van der Waals surface area contributed by atoms with Crippen LogP contribution in [0.1, 0.15) is 96.1 Å². The van der Waals surface area contributed by atoms with E-state index in [0.717, 1.165) is 49.8 Å². The third-order valence-electron chi connectivity index (χ3n) is 12.3. The zero-order valence-corrected chi connectivity index (χ0v) is 30.7. The number of nitrogens with zero attached hydrogens (tertiary/aromatic N) is 5. The number of rotatable bonds is 8. The molecule has 3 aromatic rings. The summed E-state index contributed by atoms with van der Waals surface area (Å²) in [6.45, 7) is 9.37. The average Bonchev–Trinajstić information content (AvgIpc) is 3.62. The first-order valence-corrected chi connectivity index (χ1v) is 18.6. The Morgan fingerprint density at radius 2 is 1.71 bits per heavy atom. The van der Waals surface area contributed by atoms with E-state index >= 15 is 4.39 Å². The summed E-state index contributed by atoms with van der Waals surface area (Å²) in [4.78, 5) is 35.1. The van der Waals surface area contributed by atoms with Gasteiger partial charge >= 0.3 is 6.09 Å². The molecule has 2 amide bonds. The maximum Gasteiger partial charge on any atom is 0.410 e. The number of aromatic nitrogens is 3. The largest absolute Gasteiger partial charge is 0.496 e. The molecule has 274 valence electrons. The van der Waals surface area contributed by atoms with Crippen molar-refractivity contribution >= 4 is 17.8 Å². The summed E-state index contributed by atoms with van der Waals surface area (Å²) in [6, 6.07) is 8.33. The second-order valence-corrected chi connectivity index (χ2v) is 16.7. The molecule has 8 rings (SSSR count). The molecule has 1 aliphatic heterocycles. The van der Waals surface area contributed by atoms with Crippen molar-refractivity contribution in [2.75, 3.05) is 31.6 Å². The lowest BCUT2D eigenvalue weighted by Gasteiger charge is -2.55. The fraction of sp³-hybridized carbons (Fsp3) is 0.600. The van der Waals surface area contributed by atoms with Gasteiger partial charge in [0.15, 0.2) is 0 Å². The smallest absolute Gasteiger partial charge is 0.410 e. The van der Waals surface area contributed by atoms with Gasteiger partial charge in [-0.3, -0.25) is 14.4 Å². The number of aliphatic hydroxyl groups is 1. The molecule has 1 aromatic carbocycles. The van der Waals surface area contributed by atoms with Crippen molar-refractivity contribution in [3.63, 3.8) is 0 Å². The summed E-state index contributed by atoms with van der Waals surface area (Å²) in [6.07, 6.45) is 12.2. The molecule has 0 atom stereocenters. The van der Waals surface area contributed by atoms with Crippen LogP contribution in [0.2, 0.25) is 0 Å². The second kappa shape index (κ2) is 13.5. The van der Waals surface area contributed by atoms with Crippen LogP contribution in [0.3, 0.4) is 0 Å². The standard InChI is InChI=1S/C40H52FN5O5/c1-26-18-29(8-11-34(26)50-5)40-15-12-39(13-16-40,14-17-40)25-45(35-19-32(33(41)21-42-35)28-20-43-46(22-28)38(2,3)4)36(48)27-6-9-31(10-7-27)51-37(49)44-23-30(47)24-44/h8,11,18-22,27,30-31,47H,6-7,9-10,12-17,23-25H2,1-5H3/t27-,31-,39?,40?. The summed E-state index contributed by atoms with van der Waals surface area (Å²) in [7, 11) is 1.71. The summed E-state index contributed by atoms with van der Waals surface area (Å²) >= 11 is 0. The zero-order chi connectivity index (χ0) is 36.1. The van der Waals surface area contributed by atoms with Crippen LogP contribution in [-0.2, 0) is 20.5 Å². The summed E-state index contributed by atoms with van der Waals surface area (Å²) in [5, 5.41) is 14.1. The highest BCUT2D eigenvalue weighted by atomic mass is 19.1. The third kappa shape index (κ3) is 6.98. The number of carbonyl (C=O) groups excluding carboxylic acids is 2. The third-order valence-corrected chi connectivity index (χ3v) is 12.3. The number of pyridine rings is 1. The maximum atomic E-state index is 15.5. The molecule has 5 fully saturated rings. The maximum absolute atomic E-state index is 15.5. The molecule has 11 heteroatoms. The Labute approximate surface area is 300 Å². The first kappa shape index (κ1) is 35.4. The van der Waals surface area contributed by atoms with E-state index in [1.54, 1.807) is 19.4 Å². The zero-order valence-electron chi connectivity index (χ0n) is 30.7. The quantitative estimate of drug-likeness (QED) is 0.266. The number of aliphatic hydroxyl groups excluding tert-OH is 1. The first-order chi connectivity index (χ1) is 24.3. The van der Waals surface area contributed by atoms with Crippen LogP contribution in [0.5, 0.6) is 5.75 Å². The number of ether oxygens (including phenoxy) is 2. The molecule has 2 bridgehead atoms. The van der Waals surface area contributed by atoms with Crippen LogP contribution in [0.25, 0.3) is 11.1 Å². The minimum atomic E-state index is -0.483. The predicted octanol–water partition coefficient (Wildman–Crippen LogP) is 7.15. The van der Waals surface area contributed by atoms with E-state index in [9.17, 15) is 14.7 Å². The molecule has 0 spiro atoms. The lowest BCUT2D eigenvalue weighted by Crippen LogP contribution is -2.54. The Bertz CT molecular complexity index is 1750. The molecule has 0 unspecified atom stereocenters. The van der Waals surface area contributed by atoms with Crippen molar-refractivity contribution in [1.29, 1.82) is 0 Å². The van der Waals surface area contributed by atoms with Crippen LogP contribution in [0.15, 0.2) is 42.9 Å². The number of β-amino-alcohol motifs (C(OH)–C–C–N with tert-alkyl or cyclic N) is 1. The number of anilines is 1. The molecule has 10 nitrogen and oxygen atoms in total. The van der Waals surface area contributed by atoms with Crippen LogP contribution < -0.4 is 9.64 Å². The number of amides is 2. The number of benzene rings is 1. The van der Waals surface area contributed by atoms with Crippen LogP contribution in [-0.4, -0.2) is 75.7 Å². The summed E-state index contributed by atoms with van der Waals surface area (Å²) in [5.74, 6) is 0.667. The molecule has 4 aliphatic carbocycles. The number of halogens is 1. The van der Waals surface area contributed by atoms with Gasteiger partial charge in [0.2, 0.25) is 5.91 Å². The van der Waals surface area contributed by atoms with Crippen LogP contribution in [0.4, 0.5) is 15.0 Å². The number of aryl methyl sites for hydroxylation is 1. The van der Waals surface area contributed by atoms with Crippen molar-refractivity contribution in [2.45, 2.75) is 115 Å². The lowest BCUT2D eigenvalue weighted by atomic mass is 9.51. The van der Waals surface area contributed by atoms with Gasteiger partial charge in [-0.1, -0.05) is 12.1 Å². The van der Waals surface area contributed by atoms with E-state index in [0.29, 0.717) is 62.3 Å². The SMILES string of the molecule is COc1ccc(C23CCC(CN(c4cc(-c5cnn(C(C)(C)C)c5)c(F)cn4)C(=O)[C@H]4CC[C@H](OC(=O)N5CC(O)C5)CC4)(CC2)CC3)cc1C. The van der Waals surface area contributed by atoms with Gasteiger partial charge in [0, 0.05) is 29.8 Å².